The Kier molecular flexibility index (Phi) is 7.72. The van der Waals surface area contributed by atoms with Gasteiger partial charge in [-0.3, -0.25) is 9.97 Å². The molecule has 1 aliphatic rings. The van der Waals surface area contributed by atoms with Crippen LogP contribution in [0.4, 0.5) is 0 Å². The summed E-state index contributed by atoms with van der Waals surface area (Å²) in [6, 6.07) is 7.79. The second-order valence-corrected chi connectivity index (χ2v) is 3.86. The number of aromatic nitrogens is 2. The summed E-state index contributed by atoms with van der Waals surface area (Å²) in [7, 11) is 0. The highest BCUT2D eigenvalue weighted by Gasteiger charge is 2.23. The summed E-state index contributed by atoms with van der Waals surface area (Å²) in [6.45, 7) is 8.00. The SMILES string of the molecule is CC.CC.c1cncc(C2=NOC(c3ccncc3)C2)c1. The smallest absolute Gasteiger partial charge is 0.158 e. The van der Waals surface area contributed by atoms with Gasteiger partial charge in [0.05, 0.1) is 5.71 Å². The van der Waals surface area contributed by atoms with Crippen molar-refractivity contribution in [1.82, 2.24) is 9.97 Å². The molecule has 0 radical (unpaired) electrons. The zero-order valence-corrected chi connectivity index (χ0v) is 13.2. The van der Waals surface area contributed by atoms with Gasteiger partial charge in [-0.25, -0.2) is 0 Å². The molecule has 3 heterocycles. The van der Waals surface area contributed by atoms with Crippen molar-refractivity contribution < 1.29 is 4.84 Å². The zero-order chi connectivity index (χ0) is 15.5. The number of pyridine rings is 2. The molecule has 1 atom stereocenters. The van der Waals surface area contributed by atoms with Crippen LogP contribution in [0.15, 0.2) is 54.2 Å². The summed E-state index contributed by atoms with van der Waals surface area (Å²) in [5.41, 5.74) is 3.06. The van der Waals surface area contributed by atoms with Crippen LogP contribution >= 0.6 is 0 Å². The van der Waals surface area contributed by atoms with Crippen LogP contribution in [0.1, 0.15) is 51.3 Å². The number of hydrogen-bond donors (Lipinski definition) is 0. The van der Waals surface area contributed by atoms with Gasteiger partial charge in [0.2, 0.25) is 0 Å². The first-order valence-corrected chi connectivity index (χ1v) is 7.46. The van der Waals surface area contributed by atoms with Crippen LogP contribution in [0.3, 0.4) is 0 Å². The fraction of sp³-hybridized carbons (Fsp3) is 0.353. The van der Waals surface area contributed by atoms with E-state index in [1.807, 2.05) is 52.0 Å². The average Bonchev–Trinajstić information content (AvgIpc) is 3.10. The lowest BCUT2D eigenvalue weighted by Gasteiger charge is -2.06. The molecule has 0 saturated heterocycles. The Balaban J connectivity index is 0.000000510. The molecule has 0 spiro atoms. The van der Waals surface area contributed by atoms with E-state index in [2.05, 4.69) is 15.1 Å². The maximum Gasteiger partial charge on any atom is 0.158 e. The van der Waals surface area contributed by atoms with Crippen molar-refractivity contribution in [1.29, 1.82) is 0 Å². The maximum atomic E-state index is 5.44. The fourth-order valence-corrected chi connectivity index (χ4v) is 1.84. The van der Waals surface area contributed by atoms with Gasteiger partial charge in [0.25, 0.3) is 0 Å². The van der Waals surface area contributed by atoms with Crippen molar-refractivity contribution in [2.75, 3.05) is 0 Å². The Morgan fingerprint density at radius 2 is 1.67 bits per heavy atom. The number of oxime groups is 1. The van der Waals surface area contributed by atoms with Crippen LogP contribution in [0.25, 0.3) is 0 Å². The van der Waals surface area contributed by atoms with E-state index >= 15 is 0 Å². The van der Waals surface area contributed by atoms with Crippen molar-refractivity contribution in [3.8, 4) is 0 Å². The third-order valence-electron chi connectivity index (χ3n) is 2.74. The molecule has 112 valence electrons. The van der Waals surface area contributed by atoms with Gasteiger partial charge in [-0.2, -0.15) is 0 Å². The number of nitrogens with zero attached hydrogens (tertiary/aromatic N) is 3. The van der Waals surface area contributed by atoms with Gasteiger partial charge >= 0.3 is 0 Å². The molecule has 0 fully saturated rings. The van der Waals surface area contributed by atoms with Crippen LogP contribution in [0, 0.1) is 0 Å². The summed E-state index contributed by atoms with van der Waals surface area (Å²) in [4.78, 5) is 13.5. The van der Waals surface area contributed by atoms with Crippen molar-refractivity contribution in [2.24, 2.45) is 5.16 Å². The van der Waals surface area contributed by atoms with E-state index in [0.717, 1.165) is 23.3 Å². The average molecular weight is 285 g/mol. The normalized spacial score (nSPS) is 15.6. The maximum absolute atomic E-state index is 5.44. The summed E-state index contributed by atoms with van der Waals surface area (Å²) in [5, 5.41) is 4.12. The van der Waals surface area contributed by atoms with Gasteiger partial charge in [0.1, 0.15) is 0 Å². The monoisotopic (exact) mass is 285 g/mol. The van der Waals surface area contributed by atoms with Crippen LogP contribution < -0.4 is 0 Å². The predicted octanol–water partition coefficient (Wildman–Crippen LogP) is 4.39. The van der Waals surface area contributed by atoms with Crippen molar-refractivity contribution in [3.05, 3.63) is 60.2 Å². The first kappa shape index (κ1) is 16.8. The van der Waals surface area contributed by atoms with Crippen LogP contribution in [0.5, 0.6) is 0 Å². The van der Waals surface area contributed by atoms with E-state index < -0.39 is 0 Å². The molecule has 1 aliphatic heterocycles. The molecule has 0 N–H and O–H groups in total. The molecule has 0 aliphatic carbocycles. The van der Waals surface area contributed by atoms with Gasteiger partial charge in [-0.15, -0.1) is 0 Å². The third-order valence-corrected chi connectivity index (χ3v) is 2.74. The van der Waals surface area contributed by atoms with Gasteiger partial charge < -0.3 is 4.84 Å². The highest BCUT2D eigenvalue weighted by molar-refractivity contribution is 6.01. The molecule has 0 bridgehead atoms. The molecular weight excluding hydrogens is 262 g/mol. The molecule has 3 rings (SSSR count). The second kappa shape index (κ2) is 9.64. The van der Waals surface area contributed by atoms with Gasteiger partial charge in [-0.1, -0.05) is 32.9 Å². The minimum absolute atomic E-state index is 0.00629. The van der Waals surface area contributed by atoms with Crippen molar-refractivity contribution in [3.63, 3.8) is 0 Å². The lowest BCUT2D eigenvalue weighted by Crippen LogP contribution is -2.01. The molecule has 0 aromatic carbocycles. The van der Waals surface area contributed by atoms with E-state index in [0.29, 0.717) is 0 Å². The van der Waals surface area contributed by atoms with Gasteiger partial charge in [-0.05, 0) is 29.8 Å². The van der Waals surface area contributed by atoms with Gasteiger partial charge in [0.15, 0.2) is 6.10 Å². The summed E-state index contributed by atoms with van der Waals surface area (Å²) in [5.74, 6) is 0. The molecule has 2 aromatic heterocycles. The zero-order valence-electron chi connectivity index (χ0n) is 13.2. The molecule has 21 heavy (non-hydrogen) atoms. The van der Waals surface area contributed by atoms with E-state index in [1.165, 1.54) is 0 Å². The molecule has 1 unspecified atom stereocenters. The highest BCUT2D eigenvalue weighted by atomic mass is 16.6. The lowest BCUT2D eigenvalue weighted by molar-refractivity contribution is 0.0857. The first-order valence-electron chi connectivity index (χ1n) is 7.46. The minimum Gasteiger partial charge on any atom is -0.387 e. The molecular formula is C17H23N3O. The number of rotatable bonds is 2. The highest BCUT2D eigenvalue weighted by Crippen LogP contribution is 2.28. The Morgan fingerprint density at radius 1 is 0.952 bits per heavy atom. The Hall–Kier alpha value is -2.23. The number of hydrogen-bond acceptors (Lipinski definition) is 4. The topological polar surface area (TPSA) is 47.4 Å². The molecule has 0 saturated carbocycles. The van der Waals surface area contributed by atoms with Gasteiger partial charge in [0, 0.05) is 36.8 Å². The second-order valence-electron chi connectivity index (χ2n) is 3.86. The first-order chi connectivity index (χ1) is 10.4. The van der Waals surface area contributed by atoms with E-state index in [9.17, 15) is 0 Å². The summed E-state index contributed by atoms with van der Waals surface area (Å²) < 4.78 is 0. The molecule has 2 aromatic rings. The van der Waals surface area contributed by atoms with E-state index in [1.54, 1.807) is 24.8 Å². The third kappa shape index (κ3) is 4.67. The van der Waals surface area contributed by atoms with Crippen LogP contribution in [0.2, 0.25) is 0 Å². The summed E-state index contributed by atoms with van der Waals surface area (Å²) in [6.07, 6.45) is 7.85. The van der Waals surface area contributed by atoms with E-state index in [-0.39, 0.29) is 6.10 Å². The predicted molar refractivity (Wildman–Crippen MR) is 86.2 cm³/mol. The van der Waals surface area contributed by atoms with Crippen molar-refractivity contribution >= 4 is 5.71 Å². The van der Waals surface area contributed by atoms with Crippen molar-refractivity contribution in [2.45, 2.75) is 40.2 Å². The van der Waals surface area contributed by atoms with Crippen LogP contribution in [-0.4, -0.2) is 15.7 Å². The standard InChI is InChI=1S/C13H11N3O.2C2H6/c1-2-11(9-15-5-1)12-8-13(17-16-12)10-3-6-14-7-4-10;2*1-2/h1-7,9,13H,8H2;2*1-2H3. The lowest BCUT2D eigenvalue weighted by atomic mass is 10.0. The summed E-state index contributed by atoms with van der Waals surface area (Å²) >= 11 is 0. The Morgan fingerprint density at radius 3 is 2.29 bits per heavy atom. The quantitative estimate of drug-likeness (QED) is 0.822. The molecule has 4 nitrogen and oxygen atoms in total. The fourth-order valence-electron chi connectivity index (χ4n) is 1.84. The largest absolute Gasteiger partial charge is 0.387 e. The Bertz CT molecular complexity index is 526. The molecule has 0 amide bonds. The minimum atomic E-state index is -0.00629. The molecule has 4 heteroatoms. The Labute approximate surface area is 126 Å². The van der Waals surface area contributed by atoms with Crippen LogP contribution in [-0.2, 0) is 4.84 Å². The van der Waals surface area contributed by atoms with E-state index in [4.69, 9.17) is 4.84 Å².